The first kappa shape index (κ1) is 12.7. The van der Waals surface area contributed by atoms with Gasteiger partial charge < -0.3 is 14.4 Å². The number of hydrogen-bond donors (Lipinski definition) is 1. The molecule has 1 aliphatic carbocycles. The van der Waals surface area contributed by atoms with E-state index in [1.807, 2.05) is 6.92 Å². The monoisotopic (exact) mass is 251 g/mol. The average molecular weight is 251 g/mol. The van der Waals surface area contributed by atoms with Crippen LogP contribution in [-0.2, 0) is 0 Å². The van der Waals surface area contributed by atoms with Crippen LogP contribution in [0.4, 0.5) is 0 Å². The van der Waals surface area contributed by atoms with Crippen LogP contribution < -0.4 is 0 Å². The van der Waals surface area contributed by atoms with E-state index in [0.717, 1.165) is 25.7 Å². The second-order valence-electron chi connectivity index (χ2n) is 4.50. The minimum absolute atomic E-state index is 0.0588. The Morgan fingerprint density at radius 3 is 2.67 bits per heavy atom. The summed E-state index contributed by atoms with van der Waals surface area (Å²) < 4.78 is 5.06. The molecular formula is C13H17NO4. The summed E-state index contributed by atoms with van der Waals surface area (Å²) in [5.74, 6) is -1.50. The summed E-state index contributed by atoms with van der Waals surface area (Å²) in [5, 5.41) is 8.99. The highest BCUT2D eigenvalue weighted by Crippen LogP contribution is 2.25. The van der Waals surface area contributed by atoms with Gasteiger partial charge in [0.1, 0.15) is 5.56 Å². The van der Waals surface area contributed by atoms with Crippen molar-refractivity contribution in [1.29, 1.82) is 0 Å². The fourth-order valence-electron chi connectivity index (χ4n) is 2.56. The Kier molecular flexibility index (Phi) is 3.69. The third-order valence-corrected chi connectivity index (χ3v) is 3.46. The highest BCUT2D eigenvalue weighted by molar-refractivity contribution is 6.02. The lowest BCUT2D eigenvalue weighted by molar-refractivity contribution is 0.0627. The molecule has 0 radical (unpaired) electrons. The highest BCUT2D eigenvalue weighted by Gasteiger charge is 2.30. The Morgan fingerprint density at radius 1 is 1.44 bits per heavy atom. The number of rotatable bonds is 4. The maximum Gasteiger partial charge on any atom is 0.339 e. The summed E-state index contributed by atoms with van der Waals surface area (Å²) in [5.41, 5.74) is -0.0588. The Hall–Kier alpha value is -1.78. The van der Waals surface area contributed by atoms with Crippen molar-refractivity contribution < 1.29 is 19.1 Å². The van der Waals surface area contributed by atoms with Gasteiger partial charge in [0, 0.05) is 12.6 Å². The lowest BCUT2D eigenvalue weighted by Crippen LogP contribution is -2.39. The Balaban J connectivity index is 2.22. The van der Waals surface area contributed by atoms with Crippen molar-refractivity contribution in [2.45, 2.75) is 38.6 Å². The number of carboxylic acid groups (broad SMARTS) is 1. The van der Waals surface area contributed by atoms with Gasteiger partial charge in [0.05, 0.1) is 6.26 Å². The molecule has 1 fully saturated rings. The number of carbonyl (C=O) groups excluding carboxylic acids is 1. The van der Waals surface area contributed by atoms with Crippen molar-refractivity contribution in [3.05, 3.63) is 23.7 Å². The summed E-state index contributed by atoms with van der Waals surface area (Å²) in [4.78, 5) is 25.0. The van der Waals surface area contributed by atoms with Crippen molar-refractivity contribution in [3.8, 4) is 0 Å². The summed E-state index contributed by atoms with van der Waals surface area (Å²) in [7, 11) is 0. The zero-order valence-electron chi connectivity index (χ0n) is 10.4. The molecule has 0 aromatic carbocycles. The molecule has 1 aromatic rings. The third-order valence-electron chi connectivity index (χ3n) is 3.46. The molecule has 98 valence electrons. The van der Waals surface area contributed by atoms with Crippen LogP contribution in [0.3, 0.4) is 0 Å². The van der Waals surface area contributed by atoms with Gasteiger partial charge in [-0.3, -0.25) is 4.79 Å². The van der Waals surface area contributed by atoms with Gasteiger partial charge in [-0.05, 0) is 25.8 Å². The smallest absolute Gasteiger partial charge is 0.339 e. The molecule has 0 aliphatic heterocycles. The van der Waals surface area contributed by atoms with Crippen molar-refractivity contribution in [2.24, 2.45) is 0 Å². The Labute approximate surface area is 105 Å². The highest BCUT2D eigenvalue weighted by atomic mass is 16.4. The molecule has 0 saturated heterocycles. The van der Waals surface area contributed by atoms with E-state index in [9.17, 15) is 9.59 Å². The van der Waals surface area contributed by atoms with Crippen LogP contribution in [0.15, 0.2) is 16.7 Å². The average Bonchev–Trinajstić information content (AvgIpc) is 3.00. The van der Waals surface area contributed by atoms with Crippen LogP contribution in [0.1, 0.15) is 53.5 Å². The van der Waals surface area contributed by atoms with E-state index in [0.29, 0.717) is 6.54 Å². The number of nitrogens with zero attached hydrogens (tertiary/aromatic N) is 1. The molecule has 1 aliphatic rings. The minimum atomic E-state index is -1.13. The normalized spacial score (nSPS) is 15.8. The maximum atomic E-state index is 12.3. The maximum absolute atomic E-state index is 12.3. The molecule has 0 spiro atoms. The van der Waals surface area contributed by atoms with Gasteiger partial charge in [0.2, 0.25) is 5.76 Å². The van der Waals surface area contributed by atoms with Crippen molar-refractivity contribution in [3.63, 3.8) is 0 Å². The number of carbonyl (C=O) groups is 2. The van der Waals surface area contributed by atoms with E-state index in [2.05, 4.69) is 0 Å². The zero-order valence-corrected chi connectivity index (χ0v) is 10.4. The zero-order chi connectivity index (χ0) is 13.1. The van der Waals surface area contributed by atoms with Crippen LogP contribution in [0, 0.1) is 0 Å². The number of hydrogen-bond acceptors (Lipinski definition) is 3. The molecule has 1 saturated carbocycles. The van der Waals surface area contributed by atoms with Gasteiger partial charge in [-0.15, -0.1) is 0 Å². The molecule has 1 heterocycles. The molecule has 1 N–H and O–H groups in total. The first-order chi connectivity index (χ1) is 8.65. The van der Waals surface area contributed by atoms with Gasteiger partial charge in [0.25, 0.3) is 5.91 Å². The van der Waals surface area contributed by atoms with E-state index in [4.69, 9.17) is 9.52 Å². The molecule has 18 heavy (non-hydrogen) atoms. The predicted octanol–water partition coefficient (Wildman–Crippen LogP) is 2.38. The van der Waals surface area contributed by atoms with Crippen LogP contribution in [-0.4, -0.2) is 34.5 Å². The topological polar surface area (TPSA) is 70.8 Å². The number of amides is 1. The fraction of sp³-hybridized carbons (Fsp3) is 0.538. The fourth-order valence-corrected chi connectivity index (χ4v) is 2.56. The van der Waals surface area contributed by atoms with Crippen LogP contribution in [0.2, 0.25) is 0 Å². The number of furan rings is 1. The molecule has 1 amide bonds. The first-order valence-corrected chi connectivity index (χ1v) is 6.27. The summed E-state index contributed by atoms with van der Waals surface area (Å²) in [6.45, 7) is 2.48. The Bertz CT molecular complexity index is 446. The number of carboxylic acids is 1. The SMILES string of the molecule is CCN(C(=O)c1occc1C(=O)O)C1CCCC1. The molecule has 5 nitrogen and oxygen atoms in total. The molecule has 0 atom stereocenters. The van der Waals surface area contributed by atoms with E-state index in [-0.39, 0.29) is 23.3 Å². The van der Waals surface area contributed by atoms with Gasteiger partial charge in [-0.25, -0.2) is 4.79 Å². The molecule has 0 bridgehead atoms. The van der Waals surface area contributed by atoms with Gasteiger partial charge in [-0.2, -0.15) is 0 Å². The quantitative estimate of drug-likeness (QED) is 0.891. The van der Waals surface area contributed by atoms with Crippen LogP contribution in [0.5, 0.6) is 0 Å². The lowest BCUT2D eigenvalue weighted by atomic mass is 10.1. The predicted molar refractivity (Wildman–Crippen MR) is 64.6 cm³/mol. The second-order valence-corrected chi connectivity index (χ2v) is 4.50. The van der Waals surface area contributed by atoms with Gasteiger partial charge >= 0.3 is 5.97 Å². The van der Waals surface area contributed by atoms with Crippen LogP contribution in [0.25, 0.3) is 0 Å². The van der Waals surface area contributed by atoms with Crippen molar-refractivity contribution in [1.82, 2.24) is 4.90 Å². The summed E-state index contributed by atoms with van der Waals surface area (Å²) >= 11 is 0. The Morgan fingerprint density at radius 2 is 2.11 bits per heavy atom. The minimum Gasteiger partial charge on any atom is -0.478 e. The first-order valence-electron chi connectivity index (χ1n) is 6.27. The largest absolute Gasteiger partial charge is 0.478 e. The van der Waals surface area contributed by atoms with E-state index >= 15 is 0 Å². The van der Waals surface area contributed by atoms with Gasteiger partial charge in [0.15, 0.2) is 0 Å². The standard InChI is InChI=1S/C13H17NO4/c1-2-14(9-5-3-4-6-9)12(15)11-10(13(16)17)7-8-18-11/h7-9H,2-6H2,1H3,(H,16,17). The van der Waals surface area contributed by atoms with Crippen molar-refractivity contribution >= 4 is 11.9 Å². The van der Waals surface area contributed by atoms with Crippen LogP contribution >= 0.6 is 0 Å². The van der Waals surface area contributed by atoms with Crippen molar-refractivity contribution in [2.75, 3.05) is 6.54 Å². The number of aromatic carboxylic acids is 1. The third kappa shape index (κ3) is 2.25. The molecule has 0 unspecified atom stereocenters. The van der Waals surface area contributed by atoms with E-state index < -0.39 is 5.97 Å². The lowest BCUT2D eigenvalue weighted by Gasteiger charge is -2.26. The molecule has 2 rings (SSSR count). The molecular weight excluding hydrogens is 234 g/mol. The van der Waals surface area contributed by atoms with E-state index in [1.54, 1.807) is 4.90 Å². The molecule has 1 aromatic heterocycles. The molecule has 5 heteroatoms. The van der Waals surface area contributed by atoms with E-state index in [1.165, 1.54) is 12.3 Å². The summed E-state index contributed by atoms with van der Waals surface area (Å²) in [6, 6.07) is 1.53. The van der Waals surface area contributed by atoms with Gasteiger partial charge in [-0.1, -0.05) is 12.8 Å². The second kappa shape index (κ2) is 5.25. The summed E-state index contributed by atoms with van der Waals surface area (Å²) in [6.07, 6.45) is 5.47.